The fraction of sp³-hybridized carbons (Fsp3) is 0.409. The van der Waals surface area contributed by atoms with Crippen molar-refractivity contribution in [1.29, 1.82) is 0 Å². The predicted molar refractivity (Wildman–Crippen MR) is 134 cm³/mol. The molecule has 0 bridgehead atoms. The van der Waals surface area contributed by atoms with Crippen LogP contribution in [0.3, 0.4) is 0 Å². The van der Waals surface area contributed by atoms with Crippen molar-refractivity contribution in [3.05, 3.63) is 65.5 Å². The van der Waals surface area contributed by atoms with Gasteiger partial charge in [-0.1, -0.05) is 24.3 Å². The zero-order chi connectivity index (χ0) is 19.8. The zero-order valence-corrected chi connectivity index (χ0v) is 20.2. The standard InChI is InChI=1S/C22H29FN4S.HI/c1-24-22(26-14-18-8-9-20(23)12-19(18)16-28-2)25-13-17-10-11-27(15-17)21-6-4-3-5-7-21;/h3-9,12,17H,10-11,13-16H2,1-2H3,(H2,24,25,26);1H. The van der Waals surface area contributed by atoms with Crippen molar-refractivity contribution in [1.82, 2.24) is 10.6 Å². The van der Waals surface area contributed by atoms with Gasteiger partial charge < -0.3 is 15.5 Å². The molecule has 2 aromatic carbocycles. The molecule has 0 spiro atoms. The number of benzene rings is 2. The van der Waals surface area contributed by atoms with Crippen LogP contribution in [0.2, 0.25) is 0 Å². The molecule has 158 valence electrons. The average molecular weight is 528 g/mol. The van der Waals surface area contributed by atoms with E-state index >= 15 is 0 Å². The number of hydrogen-bond acceptors (Lipinski definition) is 3. The first kappa shape index (κ1) is 23.8. The van der Waals surface area contributed by atoms with Crippen LogP contribution >= 0.6 is 35.7 Å². The number of para-hydroxylation sites is 1. The molecule has 0 aliphatic carbocycles. The topological polar surface area (TPSA) is 39.7 Å². The number of nitrogens with zero attached hydrogens (tertiary/aromatic N) is 2. The lowest BCUT2D eigenvalue weighted by molar-refractivity contribution is 0.565. The van der Waals surface area contributed by atoms with Crippen molar-refractivity contribution in [2.24, 2.45) is 10.9 Å². The molecule has 1 unspecified atom stereocenters. The minimum atomic E-state index is -0.181. The van der Waals surface area contributed by atoms with Crippen molar-refractivity contribution in [3.8, 4) is 0 Å². The van der Waals surface area contributed by atoms with Crippen molar-refractivity contribution >= 4 is 47.4 Å². The van der Waals surface area contributed by atoms with Crippen LogP contribution in [0.1, 0.15) is 17.5 Å². The van der Waals surface area contributed by atoms with Gasteiger partial charge in [0.25, 0.3) is 0 Å². The summed E-state index contributed by atoms with van der Waals surface area (Å²) in [6.45, 7) is 3.68. The van der Waals surface area contributed by atoms with E-state index < -0.39 is 0 Å². The van der Waals surface area contributed by atoms with Crippen LogP contribution < -0.4 is 15.5 Å². The molecular weight excluding hydrogens is 498 g/mol. The molecule has 4 nitrogen and oxygen atoms in total. The highest BCUT2D eigenvalue weighted by atomic mass is 127. The van der Waals surface area contributed by atoms with Crippen LogP contribution in [0.4, 0.5) is 10.1 Å². The van der Waals surface area contributed by atoms with Gasteiger partial charge in [-0.25, -0.2) is 4.39 Å². The van der Waals surface area contributed by atoms with Crippen molar-refractivity contribution < 1.29 is 4.39 Å². The van der Waals surface area contributed by atoms with Crippen LogP contribution in [0.5, 0.6) is 0 Å². The number of aliphatic imine (C=N–C) groups is 1. The molecule has 1 aliphatic rings. The quantitative estimate of drug-likeness (QED) is 0.316. The van der Waals surface area contributed by atoms with E-state index in [1.54, 1.807) is 24.9 Å². The Balaban J connectivity index is 0.00000300. The lowest BCUT2D eigenvalue weighted by Gasteiger charge is -2.19. The Morgan fingerprint density at radius 3 is 2.69 bits per heavy atom. The maximum absolute atomic E-state index is 13.5. The summed E-state index contributed by atoms with van der Waals surface area (Å²) in [7, 11) is 1.79. The van der Waals surface area contributed by atoms with E-state index in [1.165, 1.54) is 18.2 Å². The summed E-state index contributed by atoms with van der Waals surface area (Å²) in [6.07, 6.45) is 3.21. The lowest BCUT2D eigenvalue weighted by atomic mass is 10.1. The molecule has 29 heavy (non-hydrogen) atoms. The molecule has 0 radical (unpaired) electrons. The molecule has 0 aromatic heterocycles. The molecular formula is C22H30FIN4S. The third-order valence-corrected chi connectivity index (χ3v) is 5.70. The second-order valence-corrected chi connectivity index (χ2v) is 7.96. The normalized spacial score (nSPS) is 16.4. The highest BCUT2D eigenvalue weighted by molar-refractivity contribution is 14.0. The SMILES string of the molecule is CN=C(NCc1ccc(F)cc1CSC)NCC1CCN(c2ccccc2)C1.I. The van der Waals surface area contributed by atoms with Gasteiger partial charge in [-0.3, -0.25) is 4.99 Å². The highest BCUT2D eigenvalue weighted by Gasteiger charge is 2.22. The van der Waals surface area contributed by atoms with Crippen LogP contribution in [0, 0.1) is 11.7 Å². The molecule has 0 amide bonds. The number of guanidine groups is 1. The molecule has 1 heterocycles. The monoisotopic (exact) mass is 528 g/mol. The van der Waals surface area contributed by atoms with E-state index in [0.29, 0.717) is 12.5 Å². The predicted octanol–water partition coefficient (Wildman–Crippen LogP) is 4.50. The molecule has 1 saturated heterocycles. The largest absolute Gasteiger partial charge is 0.371 e. The summed E-state index contributed by atoms with van der Waals surface area (Å²) in [5.41, 5.74) is 3.43. The van der Waals surface area contributed by atoms with Crippen LogP contribution in [0.25, 0.3) is 0 Å². The first-order valence-electron chi connectivity index (χ1n) is 9.70. The van der Waals surface area contributed by atoms with Gasteiger partial charge in [0.1, 0.15) is 5.82 Å². The molecule has 2 N–H and O–H groups in total. The third kappa shape index (κ3) is 7.06. The van der Waals surface area contributed by atoms with Gasteiger partial charge in [0, 0.05) is 44.7 Å². The fourth-order valence-corrected chi connectivity index (χ4v) is 4.15. The number of halogens is 2. The molecule has 0 saturated carbocycles. The number of nitrogens with one attached hydrogen (secondary N) is 2. The van der Waals surface area contributed by atoms with Gasteiger partial charge in [0.05, 0.1) is 0 Å². The smallest absolute Gasteiger partial charge is 0.191 e. The molecule has 1 aliphatic heterocycles. The zero-order valence-electron chi connectivity index (χ0n) is 17.0. The van der Waals surface area contributed by atoms with E-state index in [4.69, 9.17) is 0 Å². The minimum absolute atomic E-state index is 0. The number of anilines is 1. The van der Waals surface area contributed by atoms with E-state index in [1.807, 2.05) is 12.3 Å². The maximum Gasteiger partial charge on any atom is 0.191 e. The van der Waals surface area contributed by atoms with Gasteiger partial charge in [0.2, 0.25) is 0 Å². The molecule has 1 fully saturated rings. The second-order valence-electron chi connectivity index (χ2n) is 7.09. The fourth-order valence-electron chi connectivity index (χ4n) is 3.57. The Labute approximate surface area is 194 Å². The first-order chi connectivity index (χ1) is 13.7. The summed E-state index contributed by atoms with van der Waals surface area (Å²) >= 11 is 1.70. The van der Waals surface area contributed by atoms with Crippen LogP contribution in [0.15, 0.2) is 53.5 Å². The van der Waals surface area contributed by atoms with Crippen molar-refractivity contribution in [2.45, 2.75) is 18.7 Å². The van der Waals surface area contributed by atoms with E-state index in [9.17, 15) is 4.39 Å². The second kappa shape index (κ2) is 12.3. The van der Waals surface area contributed by atoms with Crippen LogP contribution in [-0.4, -0.2) is 38.9 Å². The van der Waals surface area contributed by atoms with Gasteiger partial charge in [-0.05, 0) is 54.0 Å². The minimum Gasteiger partial charge on any atom is -0.371 e. The summed E-state index contributed by atoms with van der Waals surface area (Å²) in [5.74, 6) is 2.01. The number of hydrogen-bond donors (Lipinski definition) is 2. The van der Waals surface area contributed by atoms with E-state index in [2.05, 4.69) is 50.9 Å². The van der Waals surface area contributed by atoms with Gasteiger partial charge >= 0.3 is 0 Å². The van der Waals surface area contributed by atoms with Crippen LogP contribution in [-0.2, 0) is 12.3 Å². The highest BCUT2D eigenvalue weighted by Crippen LogP contribution is 2.23. The number of thioether (sulfide) groups is 1. The number of rotatable bonds is 7. The van der Waals surface area contributed by atoms with E-state index in [0.717, 1.165) is 42.5 Å². The summed E-state index contributed by atoms with van der Waals surface area (Å²) in [5, 5.41) is 6.81. The molecule has 7 heteroatoms. The summed E-state index contributed by atoms with van der Waals surface area (Å²) < 4.78 is 13.5. The van der Waals surface area contributed by atoms with Gasteiger partial charge in [-0.15, -0.1) is 24.0 Å². The Bertz CT molecular complexity index is 788. The average Bonchev–Trinajstić information content (AvgIpc) is 3.19. The Kier molecular flexibility index (Phi) is 10.1. The maximum atomic E-state index is 13.5. The summed E-state index contributed by atoms with van der Waals surface area (Å²) in [6, 6.07) is 15.6. The third-order valence-electron chi connectivity index (χ3n) is 5.10. The summed E-state index contributed by atoms with van der Waals surface area (Å²) in [4.78, 5) is 6.78. The van der Waals surface area contributed by atoms with Crippen molar-refractivity contribution in [3.63, 3.8) is 0 Å². The van der Waals surface area contributed by atoms with E-state index in [-0.39, 0.29) is 29.8 Å². The Morgan fingerprint density at radius 1 is 1.17 bits per heavy atom. The molecule has 3 rings (SSSR count). The Morgan fingerprint density at radius 2 is 1.97 bits per heavy atom. The molecule has 1 atom stereocenters. The van der Waals surface area contributed by atoms with Gasteiger partial charge in [0.15, 0.2) is 5.96 Å². The first-order valence-corrected chi connectivity index (χ1v) is 11.1. The lowest BCUT2D eigenvalue weighted by Crippen LogP contribution is -2.40. The Hall–Kier alpha value is -1.48. The van der Waals surface area contributed by atoms with Crippen molar-refractivity contribution in [2.75, 3.05) is 37.8 Å². The van der Waals surface area contributed by atoms with Gasteiger partial charge in [-0.2, -0.15) is 11.8 Å². The molecule has 2 aromatic rings.